The van der Waals surface area contributed by atoms with E-state index in [0.29, 0.717) is 0 Å². The molecule has 1 heterocycles. The summed E-state index contributed by atoms with van der Waals surface area (Å²) in [5.41, 5.74) is 9.67. The van der Waals surface area contributed by atoms with Crippen molar-refractivity contribution >= 4 is 5.69 Å². The number of likely N-dealkylation sites (tertiary alicyclic amines) is 1. The van der Waals surface area contributed by atoms with Gasteiger partial charge in [-0.15, -0.1) is 0 Å². The SMILES string of the molecule is Cc1c(N)cccc1CN1CCCC1C1CCCC1. The summed E-state index contributed by atoms with van der Waals surface area (Å²) in [6.45, 7) is 4.53. The van der Waals surface area contributed by atoms with Gasteiger partial charge in [0.05, 0.1) is 0 Å². The van der Waals surface area contributed by atoms with Gasteiger partial charge in [0, 0.05) is 18.3 Å². The fraction of sp³-hybridized carbons (Fsp3) is 0.647. The lowest BCUT2D eigenvalue weighted by atomic mass is 9.95. The topological polar surface area (TPSA) is 29.3 Å². The molecule has 2 heteroatoms. The van der Waals surface area contributed by atoms with E-state index >= 15 is 0 Å². The van der Waals surface area contributed by atoms with Crippen LogP contribution < -0.4 is 5.73 Å². The minimum absolute atomic E-state index is 0.836. The van der Waals surface area contributed by atoms with Gasteiger partial charge in [-0.25, -0.2) is 0 Å². The molecule has 104 valence electrons. The number of hydrogen-bond acceptors (Lipinski definition) is 2. The van der Waals surface area contributed by atoms with Crippen LogP contribution in [-0.4, -0.2) is 17.5 Å². The van der Waals surface area contributed by atoms with Crippen molar-refractivity contribution in [3.8, 4) is 0 Å². The van der Waals surface area contributed by atoms with Crippen LogP contribution >= 0.6 is 0 Å². The molecule has 0 bridgehead atoms. The van der Waals surface area contributed by atoms with E-state index in [1.54, 1.807) is 0 Å². The Bertz CT molecular complexity index is 435. The summed E-state index contributed by atoms with van der Waals surface area (Å²) in [6, 6.07) is 7.19. The molecule has 1 unspecified atom stereocenters. The van der Waals surface area contributed by atoms with Crippen molar-refractivity contribution in [1.82, 2.24) is 4.90 Å². The highest BCUT2D eigenvalue weighted by Crippen LogP contribution is 2.36. The second-order valence-corrected chi connectivity index (χ2v) is 6.36. The first-order valence-corrected chi connectivity index (χ1v) is 7.83. The molecule has 2 aliphatic rings. The van der Waals surface area contributed by atoms with E-state index in [-0.39, 0.29) is 0 Å². The number of rotatable bonds is 3. The van der Waals surface area contributed by atoms with Crippen LogP contribution in [0.15, 0.2) is 18.2 Å². The Morgan fingerprint density at radius 2 is 1.95 bits per heavy atom. The molecular weight excluding hydrogens is 232 g/mol. The third-order valence-corrected chi connectivity index (χ3v) is 5.22. The Labute approximate surface area is 117 Å². The molecule has 3 rings (SSSR count). The highest BCUT2D eigenvalue weighted by atomic mass is 15.2. The normalized spacial score (nSPS) is 25.2. The Morgan fingerprint density at radius 1 is 1.16 bits per heavy atom. The van der Waals surface area contributed by atoms with Gasteiger partial charge in [0.2, 0.25) is 0 Å². The zero-order valence-electron chi connectivity index (χ0n) is 12.1. The molecule has 0 aromatic heterocycles. The molecular formula is C17H26N2. The summed E-state index contributed by atoms with van der Waals surface area (Å²) >= 11 is 0. The fourth-order valence-electron chi connectivity index (χ4n) is 4.02. The molecule has 19 heavy (non-hydrogen) atoms. The van der Waals surface area contributed by atoms with Crippen molar-refractivity contribution in [3.05, 3.63) is 29.3 Å². The van der Waals surface area contributed by atoms with Crippen molar-refractivity contribution in [2.24, 2.45) is 5.92 Å². The van der Waals surface area contributed by atoms with Gasteiger partial charge in [-0.3, -0.25) is 4.90 Å². The summed E-state index contributed by atoms with van der Waals surface area (Å²) in [6.07, 6.45) is 8.60. The second-order valence-electron chi connectivity index (χ2n) is 6.36. The molecule has 1 aromatic rings. The van der Waals surface area contributed by atoms with Gasteiger partial charge in [-0.05, 0) is 62.3 Å². The average molecular weight is 258 g/mol. The fourth-order valence-corrected chi connectivity index (χ4v) is 4.02. The van der Waals surface area contributed by atoms with Gasteiger partial charge >= 0.3 is 0 Å². The monoisotopic (exact) mass is 258 g/mol. The van der Waals surface area contributed by atoms with Gasteiger partial charge in [-0.1, -0.05) is 25.0 Å². The number of benzene rings is 1. The van der Waals surface area contributed by atoms with Crippen LogP contribution in [0.2, 0.25) is 0 Å². The van der Waals surface area contributed by atoms with Crippen LogP contribution in [0.25, 0.3) is 0 Å². The molecule has 0 radical (unpaired) electrons. The van der Waals surface area contributed by atoms with E-state index in [0.717, 1.165) is 24.2 Å². The Hall–Kier alpha value is -1.02. The van der Waals surface area contributed by atoms with E-state index in [9.17, 15) is 0 Å². The van der Waals surface area contributed by atoms with E-state index in [1.807, 2.05) is 6.07 Å². The molecule has 1 aliphatic heterocycles. The van der Waals surface area contributed by atoms with Crippen molar-refractivity contribution in [1.29, 1.82) is 0 Å². The van der Waals surface area contributed by atoms with Crippen LogP contribution in [0.5, 0.6) is 0 Å². The van der Waals surface area contributed by atoms with Gasteiger partial charge in [0.1, 0.15) is 0 Å². The third kappa shape index (κ3) is 2.64. The number of nitrogens with two attached hydrogens (primary N) is 1. The maximum Gasteiger partial charge on any atom is 0.0346 e. The molecule has 2 fully saturated rings. The maximum absolute atomic E-state index is 6.03. The lowest BCUT2D eigenvalue weighted by Gasteiger charge is -2.30. The molecule has 1 aromatic carbocycles. The van der Waals surface area contributed by atoms with Gasteiger partial charge in [0.15, 0.2) is 0 Å². The highest BCUT2D eigenvalue weighted by Gasteiger charge is 2.33. The van der Waals surface area contributed by atoms with E-state index < -0.39 is 0 Å². The smallest absolute Gasteiger partial charge is 0.0346 e. The molecule has 1 atom stereocenters. The van der Waals surface area contributed by atoms with Crippen LogP contribution in [-0.2, 0) is 6.54 Å². The largest absolute Gasteiger partial charge is 0.399 e. The van der Waals surface area contributed by atoms with Crippen LogP contribution in [0.3, 0.4) is 0 Å². The van der Waals surface area contributed by atoms with Crippen molar-refractivity contribution < 1.29 is 0 Å². The first-order chi connectivity index (χ1) is 9.25. The number of anilines is 1. The summed E-state index contributed by atoms with van der Waals surface area (Å²) in [4.78, 5) is 2.72. The highest BCUT2D eigenvalue weighted by molar-refractivity contribution is 5.49. The van der Waals surface area contributed by atoms with E-state index in [1.165, 1.54) is 56.2 Å². The summed E-state index contributed by atoms with van der Waals surface area (Å²) in [5.74, 6) is 0.962. The Kier molecular flexibility index (Phi) is 3.79. The van der Waals surface area contributed by atoms with Crippen LogP contribution in [0, 0.1) is 12.8 Å². The number of nitrogens with zero attached hydrogens (tertiary/aromatic N) is 1. The zero-order chi connectivity index (χ0) is 13.2. The lowest BCUT2D eigenvalue weighted by molar-refractivity contribution is 0.183. The molecule has 2 nitrogen and oxygen atoms in total. The molecule has 2 N–H and O–H groups in total. The summed E-state index contributed by atoms with van der Waals surface area (Å²) < 4.78 is 0. The molecule has 1 aliphatic carbocycles. The van der Waals surface area contributed by atoms with Gasteiger partial charge < -0.3 is 5.73 Å². The molecule has 0 amide bonds. The van der Waals surface area contributed by atoms with E-state index in [2.05, 4.69) is 24.0 Å². The second kappa shape index (κ2) is 5.54. The van der Waals surface area contributed by atoms with Crippen LogP contribution in [0.4, 0.5) is 5.69 Å². The summed E-state index contributed by atoms with van der Waals surface area (Å²) in [5, 5.41) is 0. The first kappa shape index (κ1) is 13.0. The van der Waals surface area contributed by atoms with Gasteiger partial charge in [-0.2, -0.15) is 0 Å². The van der Waals surface area contributed by atoms with Crippen molar-refractivity contribution in [3.63, 3.8) is 0 Å². The minimum atomic E-state index is 0.836. The molecule has 1 saturated carbocycles. The predicted octanol–water partition coefficient (Wildman–Crippen LogP) is 3.73. The minimum Gasteiger partial charge on any atom is -0.399 e. The van der Waals surface area contributed by atoms with Crippen molar-refractivity contribution in [2.45, 2.75) is 58.0 Å². The maximum atomic E-state index is 6.03. The van der Waals surface area contributed by atoms with Crippen LogP contribution in [0.1, 0.15) is 49.7 Å². The number of nitrogen functional groups attached to an aromatic ring is 1. The quantitative estimate of drug-likeness (QED) is 0.837. The zero-order valence-corrected chi connectivity index (χ0v) is 12.1. The Balaban J connectivity index is 1.72. The first-order valence-electron chi connectivity index (χ1n) is 7.83. The van der Waals surface area contributed by atoms with Gasteiger partial charge in [0.25, 0.3) is 0 Å². The number of hydrogen-bond donors (Lipinski definition) is 1. The average Bonchev–Trinajstić information content (AvgIpc) is 3.05. The summed E-state index contributed by atoms with van der Waals surface area (Å²) in [7, 11) is 0. The predicted molar refractivity (Wildman–Crippen MR) is 81.0 cm³/mol. The molecule has 1 saturated heterocycles. The van der Waals surface area contributed by atoms with Crippen molar-refractivity contribution in [2.75, 3.05) is 12.3 Å². The lowest BCUT2D eigenvalue weighted by Crippen LogP contribution is -2.34. The Morgan fingerprint density at radius 3 is 2.74 bits per heavy atom. The third-order valence-electron chi connectivity index (χ3n) is 5.22. The molecule has 0 spiro atoms. The standard InChI is InChI=1S/C17H26N2/c1-13-15(8-4-9-16(13)18)12-19-11-5-10-17(19)14-6-2-3-7-14/h4,8-9,14,17H,2-3,5-7,10-12,18H2,1H3. The van der Waals surface area contributed by atoms with E-state index in [4.69, 9.17) is 5.73 Å².